The fraction of sp³-hybridized carbons (Fsp3) is 0.391. The summed E-state index contributed by atoms with van der Waals surface area (Å²) in [7, 11) is -1.73. The highest BCUT2D eigenvalue weighted by molar-refractivity contribution is 7.90. The standard InChI is InChI=1S/C23H30N2O6S/c1-4-30-21-13-9-8-12-19(21)16-25(2)22(26)20(14-15-32(3,28)29)24-23(27)31-17-18-10-6-5-7-11-18/h5-13,20H,4,14-17H2,1-3H3,(H,24,27). The third-order valence-electron chi connectivity index (χ3n) is 4.64. The Bertz CT molecular complexity index is 995. The first-order chi connectivity index (χ1) is 15.2. The third kappa shape index (κ3) is 8.58. The number of hydrogen-bond acceptors (Lipinski definition) is 6. The van der Waals surface area contributed by atoms with Crippen molar-refractivity contribution in [2.75, 3.05) is 25.7 Å². The minimum Gasteiger partial charge on any atom is -0.494 e. The number of nitrogens with zero attached hydrogens (tertiary/aromatic N) is 1. The lowest BCUT2D eigenvalue weighted by atomic mass is 10.1. The number of hydrogen-bond donors (Lipinski definition) is 1. The lowest BCUT2D eigenvalue weighted by molar-refractivity contribution is -0.132. The van der Waals surface area contributed by atoms with Gasteiger partial charge in [0.05, 0.1) is 12.4 Å². The SMILES string of the molecule is CCOc1ccccc1CN(C)C(=O)C(CCS(C)(=O)=O)NC(=O)OCc1ccccc1. The minimum atomic E-state index is -3.33. The van der Waals surface area contributed by atoms with Crippen LogP contribution in [0.1, 0.15) is 24.5 Å². The molecule has 2 amide bonds. The normalized spacial score (nSPS) is 12.0. The van der Waals surface area contributed by atoms with Gasteiger partial charge in [-0.2, -0.15) is 0 Å². The molecule has 0 aromatic heterocycles. The van der Waals surface area contributed by atoms with Crippen LogP contribution in [0.4, 0.5) is 4.79 Å². The van der Waals surface area contributed by atoms with Gasteiger partial charge < -0.3 is 19.7 Å². The van der Waals surface area contributed by atoms with Crippen molar-refractivity contribution in [3.8, 4) is 5.75 Å². The van der Waals surface area contributed by atoms with E-state index in [2.05, 4.69) is 5.32 Å². The highest BCUT2D eigenvalue weighted by Crippen LogP contribution is 2.20. The number of ether oxygens (including phenoxy) is 2. The fourth-order valence-electron chi connectivity index (χ4n) is 3.03. The van der Waals surface area contributed by atoms with Crippen molar-refractivity contribution in [1.29, 1.82) is 0 Å². The molecule has 2 rings (SSSR count). The number of sulfone groups is 1. The number of amides is 2. The molecule has 174 valence electrons. The van der Waals surface area contributed by atoms with Crippen LogP contribution in [-0.4, -0.2) is 57.0 Å². The predicted molar refractivity (Wildman–Crippen MR) is 122 cm³/mol. The summed E-state index contributed by atoms with van der Waals surface area (Å²) in [6, 6.07) is 15.4. The first-order valence-electron chi connectivity index (χ1n) is 10.3. The molecule has 0 aliphatic carbocycles. The summed E-state index contributed by atoms with van der Waals surface area (Å²) in [6.45, 7) is 2.64. The van der Waals surface area contributed by atoms with Gasteiger partial charge in [-0.3, -0.25) is 4.79 Å². The van der Waals surface area contributed by atoms with Gasteiger partial charge in [0.1, 0.15) is 28.2 Å². The number of carbonyl (C=O) groups excluding carboxylic acids is 2. The number of para-hydroxylation sites is 1. The van der Waals surface area contributed by atoms with Crippen LogP contribution in [0.5, 0.6) is 5.75 Å². The summed E-state index contributed by atoms with van der Waals surface area (Å²) in [5.74, 6) is 0.000309. The molecule has 0 radical (unpaired) electrons. The molecule has 1 unspecified atom stereocenters. The summed E-state index contributed by atoms with van der Waals surface area (Å²) >= 11 is 0. The van der Waals surface area contributed by atoms with E-state index >= 15 is 0 Å². The van der Waals surface area contributed by atoms with Crippen molar-refractivity contribution in [3.05, 3.63) is 65.7 Å². The van der Waals surface area contributed by atoms with Crippen LogP contribution >= 0.6 is 0 Å². The third-order valence-corrected chi connectivity index (χ3v) is 5.61. The lowest BCUT2D eigenvalue weighted by Crippen LogP contribution is -2.48. The van der Waals surface area contributed by atoms with E-state index in [4.69, 9.17) is 9.47 Å². The highest BCUT2D eigenvalue weighted by atomic mass is 32.2. The van der Waals surface area contributed by atoms with Crippen molar-refractivity contribution in [2.24, 2.45) is 0 Å². The molecule has 9 heteroatoms. The Labute approximate surface area is 189 Å². The van der Waals surface area contributed by atoms with Crippen molar-refractivity contribution >= 4 is 21.8 Å². The molecular formula is C23H30N2O6S. The van der Waals surface area contributed by atoms with Gasteiger partial charge in [-0.25, -0.2) is 13.2 Å². The number of rotatable bonds is 11. The summed E-state index contributed by atoms with van der Waals surface area (Å²) in [4.78, 5) is 26.8. The second-order valence-electron chi connectivity index (χ2n) is 7.41. The molecule has 32 heavy (non-hydrogen) atoms. The van der Waals surface area contributed by atoms with Crippen LogP contribution < -0.4 is 10.1 Å². The second kappa shape index (κ2) is 12.1. The fourth-order valence-corrected chi connectivity index (χ4v) is 3.69. The molecule has 0 spiro atoms. The number of carbonyl (C=O) groups is 2. The van der Waals surface area contributed by atoms with E-state index in [1.165, 1.54) is 4.90 Å². The summed E-state index contributed by atoms with van der Waals surface area (Å²) in [6.07, 6.45) is 0.240. The molecule has 0 aliphatic heterocycles. The molecule has 1 N–H and O–H groups in total. The van der Waals surface area contributed by atoms with Gasteiger partial charge in [-0.05, 0) is 25.0 Å². The number of likely N-dealkylation sites (N-methyl/N-ethyl adjacent to an activating group) is 1. The lowest BCUT2D eigenvalue weighted by Gasteiger charge is -2.25. The van der Waals surface area contributed by atoms with Crippen LogP contribution in [-0.2, 0) is 32.5 Å². The Hall–Kier alpha value is -3.07. The quantitative estimate of drug-likeness (QED) is 0.551. The van der Waals surface area contributed by atoms with Crippen LogP contribution in [0.15, 0.2) is 54.6 Å². The maximum atomic E-state index is 13.1. The maximum absolute atomic E-state index is 13.1. The summed E-state index contributed by atoms with van der Waals surface area (Å²) in [5.41, 5.74) is 1.60. The van der Waals surface area contributed by atoms with E-state index in [1.807, 2.05) is 61.5 Å². The zero-order valence-electron chi connectivity index (χ0n) is 18.6. The Kier molecular flexibility index (Phi) is 9.52. The van der Waals surface area contributed by atoms with Gasteiger partial charge in [0, 0.05) is 25.4 Å². The topological polar surface area (TPSA) is 102 Å². The van der Waals surface area contributed by atoms with Gasteiger partial charge in [-0.15, -0.1) is 0 Å². The van der Waals surface area contributed by atoms with Crippen LogP contribution in [0.3, 0.4) is 0 Å². The maximum Gasteiger partial charge on any atom is 0.408 e. The Balaban J connectivity index is 2.06. The molecule has 0 heterocycles. The van der Waals surface area contributed by atoms with Gasteiger partial charge >= 0.3 is 6.09 Å². The minimum absolute atomic E-state index is 0.0389. The average Bonchev–Trinajstić information content (AvgIpc) is 2.76. The zero-order valence-corrected chi connectivity index (χ0v) is 19.4. The molecule has 0 fully saturated rings. The Morgan fingerprint density at radius 3 is 2.38 bits per heavy atom. The Morgan fingerprint density at radius 2 is 1.72 bits per heavy atom. The predicted octanol–water partition coefficient (Wildman–Crippen LogP) is 2.77. The largest absolute Gasteiger partial charge is 0.494 e. The smallest absolute Gasteiger partial charge is 0.408 e. The van der Waals surface area contributed by atoms with E-state index in [1.54, 1.807) is 7.05 Å². The van der Waals surface area contributed by atoms with Gasteiger partial charge in [0.15, 0.2) is 0 Å². The van der Waals surface area contributed by atoms with E-state index < -0.39 is 27.9 Å². The molecule has 2 aromatic carbocycles. The number of benzene rings is 2. The molecule has 0 saturated heterocycles. The van der Waals surface area contributed by atoms with E-state index in [0.717, 1.165) is 17.4 Å². The molecule has 1 atom stereocenters. The van der Waals surface area contributed by atoms with Crippen molar-refractivity contribution in [2.45, 2.75) is 32.5 Å². The molecule has 0 aliphatic rings. The number of nitrogens with one attached hydrogen (secondary N) is 1. The molecular weight excluding hydrogens is 432 g/mol. The van der Waals surface area contributed by atoms with Crippen LogP contribution in [0.2, 0.25) is 0 Å². The molecule has 0 bridgehead atoms. The van der Waals surface area contributed by atoms with E-state index in [-0.39, 0.29) is 25.3 Å². The van der Waals surface area contributed by atoms with E-state index in [0.29, 0.717) is 12.4 Å². The van der Waals surface area contributed by atoms with Crippen LogP contribution in [0, 0.1) is 0 Å². The van der Waals surface area contributed by atoms with Crippen molar-refractivity contribution < 1.29 is 27.5 Å². The van der Waals surface area contributed by atoms with Gasteiger partial charge in [-0.1, -0.05) is 48.5 Å². The van der Waals surface area contributed by atoms with E-state index in [9.17, 15) is 18.0 Å². The first-order valence-corrected chi connectivity index (χ1v) is 12.4. The number of alkyl carbamates (subject to hydrolysis) is 1. The Morgan fingerprint density at radius 1 is 1.06 bits per heavy atom. The van der Waals surface area contributed by atoms with Crippen molar-refractivity contribution in [3.63, 3.8) is 0 Å². The van der Waals surface area contributed by atoms with Gasteiger partial charge in [0.25, 0.3) is 0 Å². The van der Waals surface area contributed by atoms with Gasteiger partial charge in [0.2, 0.25) is 5.91 Å². The molecule has 0 saturated carbocycles. The molecule has 2 aromatic rings. The monoisotopic (exact) mass is 462 g/mol. The molecule has 8 nitrogen and oxygen atoms in total. The van der Waals surface area contributed by atoms with Crippen molar-refractivity contribution in [1.82, 2.24) is 10.2 Å². The summed E-state index contributed by atoms with van der Waals surface area (Å²) < 4.78 is 34.1. The van der Waals surface area contributed by atoms with Crippen LogP contribution in [0.25, 0.3) is 0 Å². The average molecular weight is 463 g/mol. The summed E-state index contributed by atoms with van der Waals surface area (Å²) in [5, 5.41) is 2.52. The second-order valence-corrected chi connectivity index (χ2v) is 9.67. The zero-order chi connectivity index (χ0) is 23.6. The first kappa shape index (κ1) is 25.2. The highest BCUT2D eigenvalue weighted by Gasteiger charge is 2.26.